The second-order valence-corrected chi connectivity index (χ2v) is 10.4. The van der Waals surface area contributed by atoms with Gasteiger partial charge in [-0.15, -0.1) is 0 Å². The smallest absolute Gasteiger partial charge is 0.377 e. The van der Waals surface area contributed by atoms with Gasteiger partial charge in [0.15, 0.2) is 12.2 Å². The number of carbonyl (C=O) groups excluding carboxylic acids is 1. The van der Waals surface area contributed by atoms with Crippen LogP contribution in [0.5, 0.6) is 11.5 Å². The maximum absolute atomic E-state index is 13.8. The summed E-state index contributed by atoms with van der Waals surface area (Å²) < 4.78 is 15.7. The lowest BCUT2D eigenvalue weighted by Gasteiger charge is -2.36. The third-order valence-electron chi connectivity index (χ3n) is 7.45. The molecule has 4 atom stereocenters. The van der Waals surface area contributed by atoms with Crippen LogP contribution in [-0.4, -0.2) is 85.7 Å². The molecule has 3 aromatic rings. The van der Waals surface area contributed by atoms with Gasteiger partial charge in [-0.1, -0.05) is 60.7 Å². The molecule has 4 N–H and O–H groups in total. The van der Waals surface area contributed by atoms with Crippen LogP contribution in [0.15, 0.2) is 84.9 Å². The fourth-order valence-electron chi connectivity index (χ4n) is 5.17. The van der Waals surface area contributed by atoms with Gasteiger partial charge in [-0.05, 0) is 55.2 Å². The monoisotopic (exact) mass is 621 g/mol. The van der Waals surface area contributed by atoms with Gasteiger partial charge in [-0.25, -0.2) is 14.4 Å². The molecule has 13 heteroatoms. The van der Waals surface area contributed by atoms with E-state index in [1.807, 2.05) is 48.5 Å². The Bertz CT molecular complexity index is 1510. The maximum Gasteiger partial charge on any atom is 0.377 e. The first-order valence-electron chi connectivity index (χ1n) is 13.9. The summed E-state index contributed by atoms with van der Waals surface area (Å²) in [6.45, 7) is 0.647. The number of carboxylic acids is 4. The molecule has 1 saturated heterocycles. The molecule has 13 nitrogen and oxygen atoms in total. The summed E-state index contributed by atoms with van der Waals surface area (Å²) in [6, 6.07) is 24.5. The predicted molar refractivity (Wildman–Crippen MR) is 155 cm³/mol. The van der Waals surface area contributed by atoms with Crippen molar-refractivity contribution in [2.45, 2.75) is 49.7 Å². The van der Waals surface area contributed by atoms with Crippen LogP contribution in [0.1, 0.15) is 30.4 Å². The lowest BCUT2D eigenvalue weighted by atomic mass is 9.85. The number of hydrogen-bond donors (Lipinski definition) is 4. The summed E-state index contributed by atoms with van der Waals surface area (Å²) in [7, 11) is 0. The first kappa shape index (κ1) is 32.6. The van der Waals surface area contributed by atoms with Crippen LogP contribution in [0.4, 0.5) is 0 Å². The molecule has 3 aromatic carbocycles. The Morgan fingerprint density at radius 2 is 1.31 bits per heavy atom. The fraction of sp³-hybridized carbons (Fsp3) is 0.281. The normalized spacial score (nSPS) is 18.3. The molecular weight excluding hydrogens is 590 g/mol. The number of ether oxygens (including phenoxy) is 3. The zero-order valence-corrected chi connectivity index (χ0v) is 24.0. The van der Waals surface area contributed by atoms with Gasteiger partial charge in [0, 0.05) is 12.0 Å². The standard InChI is InChI=1S/C32H31NO12/c1-19(33(18-25(34)35)28(36)26-27(29(37)38)45-32(44-26,30(39)40)31(41)42)24(17-12-20-8-4-2-5-9-20)21-13-15-23(16-14-21)43-22-10-6-3-7-11-22/h2-11,13-16,19,24,26-27H,12,17-18H2,1H3,(H,34,35)(H,37,38)(H,39,40)(H,41,42)/t19-,24+,26-,27+/m1/s1. The van der Waals surface area contributed by atoms with Crippen LogP contribution in [0.25, 0.3) is 0 Å². The molecule has 45 heavy (non-hydrogen) atoms. The number of carboxylic acid groups (broad SMARTS) is 4. The van der Waals surface area contributed by atoms with Crippen molar-refractivity contribution in [1.82, 2.24) is 4.90 Å². The quantitative estimate of drug-likeness (QED) is 0.192. The topological polar surface area (TPSA) is 197 Å². The van der Waals surface area contributed by atoms with Crippen molar-refractivity contribution in [3.05, 3.63) is 96.1 Å². The number of rotatable bonds is 14. The minimum Gasteiger partial charge on any atom is -0.480 e. The molecule has 4 rings (SSSR count). The average Bonchev–Trinajstić information content (AvgIpc) is 3.45. The van der Waals surface area contributed by atoms with Gasteiger partial charge in [-0.2, -0.15) is 0 Å². The van der Waals surface area contributed by atoms with Gasteiger partial charge < -0.3 is 39.5 Å². The van der Waals surface area contributed by atoms with Crippen molar-refractivity contribution < 1.29 is 58.6 Å². The van der Waals surface area contributed by atoms with E-state index >= 15 is 0 Å². The third-order valence-corrected chi connectivity index (χ3v) is 7.45. The van der Waals surface area contributed by atoms with E-state index in [0.717, 1.165) is 10.5 Å². The highest BCUT2D eigenvalue weighted by Gasteiger charge is 2.64. The van der Waals surface area contributed by atoms with E-state index in [1.54, 1.807) is 43.3 Å². The summed E-state index contributed by atoms with van der Waals surface area (Å²) in [6.07, 6.45) is -3.68. The zero-order valence-electron chi connectivity index (χ0n) is 24.0. The predicted octanol–water partition coefficient (Wildman–Crippen LogP) is 3.23. The Hall–Kier alpha value is -5.27. The largest absolute Gasteiger partial charge is 0.480 e. The molecule has 0 unspecified atom stereocenters. The molecule has 1 aliphatic rings. The van der Waals surface area contributed by atoms with E-state index in [2.05, 4.69) is 0 Å². The van der Waals surface area contributed by atoms with Crippen LogP contribution in [0.3, 0.4) is 0 Å². The summed E-state index contributed by atoms with van der Waals surface area (Å²) in [4.78, 5) is 62.2. The third kappa shape index (κ3) is 7.45. The zero-order chi connectivity index (χ0) is 32.7. The molecule has 0 aromatic heterocycles. The summed E-state index contributed by atoms with van der Waals surface area (Å²) in [5, 5.41) is 38.4. The molecule has 0 bridgehead atoms. The molecule has 1 amide bonds. The molecule has 1 aliphatic heterocycles. The number of amides is 1. The molecule has 1 fully saturated rings. The summed E-state index contributed by atoms with van der Waals surface area (Å²) in [5.74, 6) is -11.8. The molecule has 0 radical (unpaired) electrons. The number of para-hydroxylation sites is 1. The van der Waals surface area contributed by atoms with Gasteiger partial charge in [0.25, 0.3) is 5.91 Å². The number of aryl methyl sites for hydroxylation is 1. The Morgan fingerprint density at radius 1 is 0.778 bits per heavy atom. The second kappa shape index (κ2) is 14.0. The second-order valence-electron chi connectivity index (χ2n) is 10.4. The summed E-state index contributed by atoms with van der Waals surface area (Å²) in [5.41, 5.74) is 1.67. The highest BCUT2D eigenvalue weighted by atomic mass is 16.8. The van der Waals surface area contributed by atoms with Crippen molar-refractivity contribution >= 4 is 29.8 Å². The van der Waals surface area contributed by atoms with E-state index in [-0.39, 0.29) is 0 Å². The van der Waals surface area contributed by atoms with Crippen LogP contribution >= 0.6 is 0 Å². The molecule has 0 aliphatic carbocycles. The maximum atomic E-state index is 13.8. The van der Waals surface area contributed by atoms with Crippen molar-refractivity contribution in [3.8, 4) is 11.5 Å². The molecule has 236 valence electrons. The van der Waals surface area contributed by atoms with Gasteiger partial charge in [0.05, 0.1) is 0 Å². The van der Waals surface area contributed by atoms with Crippen molar-refractivity contribution in [1.29, 1.82) is 0 Å². The van der Waals surface area contributed by atoms with Crippen LogP contribution < -0.4 is 4.74 Å². The van der Waals surface area contributed by atoms with Crippen LogP contribution in [0.2, 0.25) is 0 Å². The van der Waals surface area contributed by atoms with Crippen molar-refractivity contribution in [2.24, 2.45) is 0 Å². The fourth-order valence-corrected chi connectivity index (χ4v) is 5.17. The minimum absolute atomic E-state index is 0.409. The lowest BCUT2D eigenvalue weighted by molar-refractivity contribution is -0.221. The Morgan fingerprint density at radius 3 is 1.84 bits per heavy atom. The molecule has 0 saturated carbocycles. The Labute approximate surface area is 257 Å². The van der Waals surface area contributed by atoms with Crippen LogP contribution in [0, 0.1) is 0 Å². The minimum atomic E-state index is -3.48. The Balaban J connectivity index is 1.68. The first-order valence-corrected chi connectivity index (χ1v) is 13.9. The number of hydrogen-bond acceptors (Lipinski definition) is 8. The van der Waals surface area contributed by atoms with E-state index in [0.29, 0.717) is 29.9 Å². The first-order chi connectivity index (χ1) is 21.4. The van der Waals surface area contributed by atoms with Crippen LogP contribution in [-0.2, 0) is 39.9 Å². The van der Waals surface area contributed by atoms with E-state index in [4.69, 9.17) is 14.2 Å². The Kier molecular flexibility index (Phi) is 10.2. The highest BCUT2D eigenvalue weighted by molar-refractivity contribution is 6.02. The number of benzene rings is 3. The van der Waals surface area contributed by atoms with Gasteiger partial charge in [0.1, 0.15) is 18.0 Å². The van der Waals surface area contributed by atoms with E-state index in [9.17, 15) is 44.4 Å². The van der Waals surface area contributed by atoms with Crippen molar-refractivity contribution in [2.75, 3.05) is 6.54 Å². The summed E-state index contributed by atoms with van der Waals surface area (Å²) >= 11 is 0. The average molecular weight is 622 g/mol. The number of nitrogens with zero attached hydrogens (tertiary/aromatic N) is 1. The molecule has 1 heterocycles. The van der Waals surface area contributed by atoms with Gasteiger partial charge in [0.2, 0.25) is 0 Å². The van der Waals surface area contributed by atoms with Gasteiger partial charge >= 0.3 is 29.7 Å². The number of carbonyl (C=O) groups is 5. The van der Waals surface area contributed by atoms with Crippen molar-refractivity contribution in [3.63, 3.8) is 0 Å². The van der Waals surface area contributed by atoms with E-state index < -0.39 is 66.3 Å². The number of aliphatic carboxylic acids is 4. The van der Waals surface area contributed by atoms with E-state index in [1.165, 1.54) is 0 Å². The SMILES string of the molecule is C[C@H]([C@H](CCc1ccccc1)c1ccc(Oc2ccccc2)cc1)N(CC(=O)O)C(=O)[C@@H]1OC(C(=O)O)(C(=O)O)O[C@@H]1C(=O)O. The highest BCUT2D eigenvalue weighted by Crippen LogP contribution is 2.35. The molecule has 0 spiro atoms. The molecular formula is C32H31NO12. The lowest BCUT2D eigenvalue weighted by Crippen LogP contribution is -2.53. The van der Waals surface area contributed by atoms with Gasteiger partial charge in [-0.3, -0.25) is 9.59 Å².